The minimum absolute atomic E-state index is 0.0438. The molecule has 0 fully saturated rings. The Kier molecular flexibility index (Phi) is 7.09. The van der Waals surface area contributed by atoms with Crippen LogP contribution in [0, 0.1) is 5.82 Å². The Morgan fingerprint density at radius 1 is 1.26 bits per heavy atom. The molecular formula is C21H19ClFN3O5. The Morgan fingerprint density at radius 2 is 2.03 bits per heavy atom. The van der Waals surface area contributed by atoms with Crippen LogP contribution in [0.25, 0.3) is 0 Å². The molecule has 0 spiro atoms. The van der Waals surface area contributed by atoms with E-state index in [0.29, 0.717) is 17.1 Å². The molecule has 3 amide bonds. The highest BCUT2D eigenvalue weighted by atomic mass is 35.5. The third kappa shape index (κ3) is 5.95. The molecule has 0 aromatic heterocycles. The molecule has 162 valence electrons. The molecule has 3 N–H and O–H groups in total. The lowest BCUT2D eigenvalue weighted by Crippen LogP contribution is -2.48. The number of fused-ring (bicyclic) bond motifs is 1. The predicted octanol–water partition coefficient (Wildman–Crippen LogP) is 2.39. The molecule has 0 aliphatic carbocycles. The summed E-state index contributed by atoms with van der Waals surface area (Å²) in [6.45, 7) is 3.55. The number of ether oxygens (including phenoxy) is 2. The van der Waals surface area contributed by atoms with Gasteiger partial charge in [-0.1, -0.05) is 30.3 Å². The molecule has 10 heteroatoms. The maximum atomic E-state index is 13.3. The molecule has 1 atom stereocenters. The molecule has 0 radical (unpaired) electrons. The van der Waals surface area contributed by atoms with Gasteiger partial charge in [0.2, 0.25) is 0 Å². The summed E-state index contributed by atoms with van der Waals surface area (Å²) in [4.78, 5) is 36.2. The zero-order chi connectivity index (χ0) is 22.4. The standard InChI is InChI=1S/C21H19ClFN3O5/c1-12(8-9-24-18(27)11-30-13-6-7-14(22)15(23)10-13)25-20(28)19-21(29)26-16-4-2-3-5-17(16)31-19/h2-7,10,19H,1,8-9,11H2,(H,24,27)(H,25,28)(H,26,29). The third-order valence-corrected chi connectivity index (χ3v) is 4.48. The van der Waals surface area contributed by atoms with Crippen LogP contribution in [0.2, 0.25) is 5.02 Å². The average Bonchev–Trinajstić information content (AvgIpc) is 2.74. The lowest BCUT2D eigenvalue weighted by atomic mass is 10.2. The summed E-state index contributed by atoms with van der Waals surface area (Å²) < 4.78 is 24.0. The van der Waals surface area contributed by atoms with Gasteiger partial charge >= 0.3 is 0 Å². The Balaban J connectivity index is 1.38. The van der Waals surface area contributed by atoms with Gasteiger partial charge in [0.1, 0.15) is 17.3 Å². The Bertz CT molecular complexity index is 1030. The van der Waals surface area contributed by atoms with E-state index in [4.69, 9.17) is 21.1 Å². The van der Waals surface area contributed by atoms with Gasteiger partial charge in [-0.3, -0.25) is 14.4 Å². The SMILES string of the molecule is C=C(CCNC(=O)COc1ccc(Cl)c(F)c1)NC(=O)C1Oc2ccccc2NC1=O. The average molecular weight is 448 g/mol. The van der Waals surface area contributed by atoms with Crippen LogP contribution in [0.3, 0.4) is 0 Å². The van der Waals surface area contributed by atoms with E-state index in [0.717, 1.165) is 6.07 Å². The van der Waals surface area contributed by atoms with Crippen LogP contribution in [-0.2, 0) is 14.4 Å². The molecular weight excluding hydrogens is 429 g/mol. The molecule has 1 unspecified atom stereocenters. The first-order chi connectivity index (χ1) is 14.8. The van der Waals surface area contributed by atoms with E-state index in [1.807, 2.05) is 0 Å². The van der Waals surface area contributed by atoms with Crippen LogP contribution in [0.4, 0.5) is 10.1 Å². The van der Waals surface area contributed by atoms with Crippen molar-refractivity contribution in [1.29, 1.82) is 0 Å². The first kappa shape index (κ1) is 22.1. The summed E-state index contributed by atoms with van der Waals surface area (Å²) in [7, 11) is 0. The van der Waals surface area contributed by atoms with Crippen molar-refractivity contribution >= 4 is 35.0 Å². The van der Waals surface area contributed by atoms with E-state index in [9.17, 15) is 18.8 Å². The number of para-hydroxylation sites is 2. The lowest BCUT2D eigenvalue weighted by molar-refractivity contribution is -0.136. The van der Waals surface area contributed by atoms with Crippen LogP contribution >= 0.6 is 11.6 Å². The van der Waals surface area contributed by atoms with Gasteiger partial charge in [0.15, 0.2) is 6.61 Å². The largest absolute Gasteiger partial charge is 0.484 e. The van der Waals surface area contributed by atoms with Gasteiger partial charge in [-0.05, 0) is 24.3 Å². The van der Waals surface area contributed by atoms with E-state index in [1.165, 1.54) is 12.1 Å². The topological polar surface area (TPSA) is 106 Å². The molecule has 3 rings (SSSR count). The molecule has 8 nitrogen and oxygen atoms in total. The first-order valence-electron chi connectivity index (χ1n) is 9.23. The van der Waals surface area contributed by atoms with E-state index < -0.39 is 29.6 Å². The van der Waals surface area contributed by atoms with Gasteiger partial charge in [-0.2, -0.15) is 0 Å². The smallest absolute Gasteiger partial charge is 0.275 e. The quantitative estimate of drug-likeness (QED) is 0.539. The van der Waals surface area contributed by atoms with Crippen LogP contribution in [-0.4, -0.2) is 37.0 Å². The normalized spacial score (nSPS) is 14.5. The minimum atomic E-state index is -1.35. The maximum Gasteiger partial charge on any atom is 0.275 e. The van der Waals surface area contributed by atoms with Crippen LogP contribution in [0.5, 0.6) is 11.5 Å². The van der Waals surface area contributed by atoms with Gasteiger partial charge in [-0.25, -0.2) is 4.39 Å². The van der Waals surface area contributed by atoms with Gasteiger partial charge in [0, 0.05) is 24.7 Å². The monoisotopic (exact) mass is 447 g/mol. The number of hydrogen-bond donors (Lipinski definition) is 3. The number of carbonyl (C=O) groups is 3. The molecule has 2 aromatic rings. The Morgan fingerprint density at radius 3 is 2.81 bits per heavy atom. The number of rotatable bonds is 8. The van der Waals surface area contributed by atoms with Crippen molar-refractivity contribution in [1.82, 2.24) is 10.6 Å². The maximum absolute atomic E-state index is 13.3. The summed E-state index contributed by atoms with van der Waals surface area (Å²) in [6.07, 6.45) is -1.13. The van der Waals surface area contributed by atoms with Crippen molar-refractivity contribution in [3.8, 4) is 11.5 Å². The van der Waals surface area contributed by atoms with E-state index in [2.05, 4.69) is 22.5 Å². The lowest BCUT2D eigenvalue weighted by Gasteiger charge is -2.25. The molecule has 1 aliphatic heterocycles. The van der Waals surface area contributed by atoms with Gasteiger partial charge in [-0.15, -0.1) is 0 Å². The van der Waals surface area contributed by atoms with Crippen molar-refractivity contribution in [3.63, 3.8) is 0 Å². The first-order valence-corrected chi connectivity index (χ1v) is 9.61. The number of halogens is 2. The van der Waals surface area contributed by atoms with Gasteiger partial charge < -0.3 is 25.4 Å². The summed E-state index contributed by atoms with van der Waals surface area (Å²) in [5, 5.41) is 7.63. The van der Waals surface area contributed by atoms with E-state index in [1.54, 1.807) is 24.3 Å². The summed E-state index contributed by atoms with van der Waals surface area (Å²) in [5.74, 6) is -1.79. The summed E-state index contributed by atoms with van der Waals surface area (Å²) in [5.41, 5.74) is 0.780. The van der Waals surface area contributed by atoms with E-state index in [-0.39, 0.29) is 30.3 Å². The van der Waals surface area contributed by atoms with Crippen molar-refractivity contribution in [2.24, 2.45) is 0 Å². The van der Waals surface area contributed by atoms with Crippen LogP contribution < -0.4 is 25.4 Å². The molecule has 31 heavy (non-hydrogen) atoms. The van der Waals surface area contributed by atoms with Crippen molar-refractivity contribution in [2.45, 2.75) is 12.5 Å². The Hall–Kier alpha value is -3.59. The second kappa shape index (κ2) is 9.94. The fourth-order valence-electron chi connectivity index (χ4n) is 2.65. The number of hydrogen-bond acceptors (Lipinski definition) is 5. The highest BCUT2D eigenvalue weighted by molar-refractivity contribution is 6.30. The number of nitrogens with one attached hydrogen (secondary N) is 3. The second-order valence-electron chi connectivity index (χ2n) is 6.54. The molecule has 0 bridgehead atoms. The predicted molar refractivity (Wildman–Crippen MR) is 111 cm³/mol. The number of amides is 3. The number of benzene rings is 2. The van der Waals surface area contributed by atoms with Crippen LogP contribution in [0.15, 0.2) is 54.7 Å². The summed E-state index contributed by atoms with van der Waals surface area (Å²) >= 11 is 5.58. The molecule has 0 saturated carbocycles. The highest BCUT2D eigenvalue weighted by Crippen LogP contribution is 2.28. The fourth-order valence-corrected chi connectivity index (χ4v) is 2.76. The highest BCUT2D eigenvalue weighted by Gasteiger charge is 2.33. The third-order valence-electron chi connectivity index (χ3n) is 4.18. The molecule has 2 aromatic carbocycles. The van der Waals surface area contributed by atoms with Gasteiger partial charge in [0.05, 0.1) is 10.7 Å². The number of anilines is 1. The van der Waals surface area contributed by atoms with Gasteiger partial charge in [0.25, 0.3) is 23.8 Å². The van der Waals surface area contributed by atoms with Crippen LogP contribution in [0.1, 0.15) is 6.42 Å². The zero-order valence-electron chi connectivity index (χ0n) is 16.2. The second-order valence-corrected chi connectivity index (χ2v) is 6.95. The molecule has 1 aliphatic rings. The van der Waals surface area contributed by atoms with Crippen molar-refractivity contribution < 1.29 is 28.2 Å². The number of carbonyl (C=O) groups excluding carboxylic acids is 3. The molecule has 1 heterocycles. The molecule has 0 saturated heterocycles. The van der Waals surface area contributed by atoms with E-state index >= 15 is 0 Å². The summed E-state index contributed by atoms with van der Waals surface area (Å²) in [6, 6.07) is 10.6. The van der Waals surface area contributed by atoms with Crippen molar-refractivity contribution in [2.75, 3.05) is 18.5 Å². The Labute approximate surface area is 182 Å². The minimum Gasteiger partial charge on any atom is -0.484 e. The zero-order valence-corrected chi connectivity index (χ0v) is 17.0. The van der Waals surface area contributed by atoms with Crippen molar-refractivity contribution in [3.05, 3.63) is 65.6 Å². The fraction of sp³-hybridized carbons (Fsp3) is 0.190.